The molecule has 1 aliphatic rings. The zero-order valence-corrected chi connectivity index (χ0v) is 18.2. The van der Waals surface area contributed by atoms with Gasteiger partial charge in [-0.1, -0.05) is 13.8 Å². The maximum Gasteiger partial charge on any atom is 0.191 e. The van der Waals surface area contributed by atoms with Crippen LogP contribution in [-0.4, -0.2) is 76.6 Å². The lowest BCUT2D eigenvalue weighted by Crippen LogP contribution is -2.46. The molecule has 2 N–H and O–H groups in total. The number of hydrogen-bond donors (Lipinski definition) is 2. The minimum Gasteiger partial charge on any atom is -0.385 e. The Kier molecular flexibility index (Phi) is 15.1. The van der Waals surface area contributed by atoms with Gasteiger partial charge in [-0.05, 0) is 25.7 Å². The van der Waals surface area contributed by atoms with Crippen LogP contribution in [0.4, 0.5) is 0 Å². The number of ether oxygens (including phenoxy) is 2. The largest absolute Gasteiger partial charge is 0.385 e. The van der Waals surface area contributed by atoms with Crippen molar-refractivity contribution in [2.24, 2.45) is 10.9 Å². The molecule has 0 saturated carbocycles. The fraction of sp³-hybridized carbons (Fsp3) is 0.941. The van der Waals surface area contributed by atoms with Crippen molar-refractivity contribution in [3.63, 3.8) is 0 Å². The summed E-state index contributed by atoms with van der Waals surface area (Å²) in [6, 6.07) is 0.494. The molecule has 7 heteroatoms. The lowest BCUT2D eigenvalue weighted by molar-refractivity contribution is 0.0143. The van der Waals surface area contributed by atoms with Crippen LogP contribution in [0.1, 0.15) is 33.6 Å². The molecule has 0 aromatic carbocycles. The summed E-state index contributed by atoms with van der Waals surface area (Å²) in [5.74, 6) is 1.58. The predicted octanol–water partition coefficient (Wildman–Crippen LogP) is 1.94. The van der Waals surface area contributed by atoms with Gasteiger partial charge in [-0.15, -0.1) is 24.0 Å². The van der Waals surface area contributed by atoms with Crippen molar-refractivity contribution < 1.29 is 9.47 Å². The lowest BCUT2D eigenvalue weighted by atomic mass is 10.0. The monoisotopic (exact) mass is 456 g/mol. The Hall–Kier alpha value is -0.120. The Labute approximate surface area is 165 Å². The van der Waals surface area contributed by atoms with Crippen LogP contribution in [0.3, 0.4) is 0 Å². The summed E-state index contributed by atoms with van der Waals surface area (Å²) in [4.78, 5) is 7.34. The van der Waals surface area contributed by atoms with E-state index in [1.54, 1.807) is 7.11 Å². The smallest absolute Gasteiger partial charge is 0.191 e. The normalized spacial score (nSPS) is 17.5. The summed E-state index contributed by atoms with van der Waals surface area (Å²) in [6.07, 6.45) is 2.16. The minimum absolute atomic E-state index is 0. The third kappa shape index (κ3) is 10.7. The molecule has 0 spiro atoms. The average Bonchev–Trinajstić information content (AvgIpc) is 2.55. The summed E-state index contributed by atoms with van der Waals surface area (Å²) in [7, 11) is 1.73. The molecule has 1 saturated heterocycles. The van der Waals surface area contributed by atoms with E-state index in [0.717, 1.165) is 64.9 Å². The molecular weight excluding hydrogens is 419 g/mol. The van der Waals surface area contributed by atoms with Crippen LogP contribution < -0.4 is 10.6 Å². The molecule has 0 aromatic rings. The van der Waals surface area contributed by atoms with Gasteiger partial charge in [0.15, 0.2) is 5.96 Å². The molecule has 0 aliphatic carbocycles. The Morgan fingerprint density at radius 3 is 2.54 bits per heavy atom. The van der Waals surface area contributed by atoms with E-state index in [1.165, 1.54) is 6.42 Å². The number of guanidine groups is 1. The molecule has 24 heavy (non-hydrogen) atoms. The van der Waals surface area contributed by atoms with E-state index >= 15 is 0 Å². The first-order valence-electron chi connectivity index (χ1n) is 9.00. The van der Waals surface area contributed by atoms with Gasteiger partial charge < -0.3 is 20.1 Å². The second kappa shape index (κ2) is 15.2. The molecule has 1 atom stereocenters. The van der Waals surface area contributed by atoms with Crippen molar-refractivity contribution >= 4 is 29.9 Å². The molecule has 1 rings (SSSR count). The second-order valence-corrected chi connectivity index (χ2v) is 6.42. The molecule has 0 aromatic heterocycles. The van der Waals surface area contributed by atoms with E-state index in [2.05, 4.69) is 36.3 Å². The topological polar surface area (TPSA) is 58.1 Å². The molecule has 0 amide bonds. The second-order valence-electron chi connectivity index (χ2n) is 6.42. The fourth-order valence-corrected chi connectivity index (χ4v) is 2.79. The molecular formula is C17H37IN4O2. The Bertz CT molecular complexity index is 324. The third-order valence-corrected chi connectivity index (χ3v) is 3.93. The van der Waals surface area contributed by atoms with Crippen LogP contribution in [0, 0.1) is 5.92 Å². The summed E-state index contributed by atoms with van der Waals surface area (Å²) < 4.78 is 10.6. The van der Waals surface area contributed by atoms with Crippen molar-refractivity contribution in [1.82, 2.24) is 15.5 Å². The molecule has 1 unspecified atom stereocenters. The quantitative estimate of drug-likeness (QED) is 0.228. The molecule has 0 radical (unpaired) electrons. The van der Waals surface area contributed by atoms with Crippen LogP contribution in [0.2, 0.25) is 0 Å². The van der Waals surface area contributed by atoms with Gasteiger partial charge in [0.25, 0.3) is 0 Å². The molecule has 1 aliphatic heterocycles. The highest BCUT2D eigenvalue weighted by molar-refractivity contribution is 14.0. The maximum absolute atomic E-state index is 5.48. The predicted molar refractivity (Wildman–Crippen MR) is 112 cm³/mol. The Morgan fingerprint density at radius 2 is 1.96 bits per heavy atom. The van der Waals surface area contributed by atoms with Gasteiger partial charge in [0.2, 0.25) is 0 Å². The van der Waals surface area contributed by atoms with E-state index in [9.17, 15) is 0 Å². The molecule has 1 fully saturated rings. The summed E-state index contributed by atoms with van der Waals surface area (Å²) in [5, 5.41) is 6.71. The highest BCUT2D eigenvalue weighted by atomic mass is 127. The molecule has 144 valence electrons. The molecule has 6 nitrogen and oxygen atoms in total. The van der Waals surface area contributed by atoms with Gasteiger partial charge in [0.1, 0.15) is 0 Å². The number of morpholine rings is 1. The number of nitrogens with one attached hydrogen (secondary N) is 2. The minimum atomic E-state index is 0. The number of rotatable bonds is 10. The van der Waals surface area contributed by atoms with Gasteiger partial charge >= 0.3 is 0 Å². The number of halogens is 1. The van der Waals surface area contributed by atoms with Crippen LogP contribution in [0.15, 0.2) is 4.99 Å². The first kappa shape index (κ1) is 23.9. The Morgan fingerprint density at radius 1 is 1.25 bits per heavy atom. The van der Waals surface area contributed by atoms with E-state index in [0.29, 0.717) is 12.0 Å². The lowest BCUT2D eigenvalue weighted by Gasteiger charge is -2.34. The number of nitrogens with zero attached hydrogens (tertiary/aromatic N) is 2. The van der Waals surface area contributed by atoms with Crippen LogP contribution in [0.25, 0.3) is 0 Å². The highest BCUT2D eigenvalue weighted by Crippen LogP contribution is 2.14. The van der Waals surface area contributed by atoms with Crippen molar-refractivity contribution in [1.29, 1.82) is 0 Å². The van der Waals surface area contributed by atoms with E-state index in [1.807, 2.05) is 0 Å². The van der Waals surface area contributed by atoms with Gasteiger partial charge in [0, 0.05) is 45.9 Å². The standard InChI is InChI=1S/C17H36N4O2.HI/c1-5-18-17(19-7-6-10-22-4)20-14-16(13-15(2)3)21-8-11-23-12-9-21;/h15-16H,5-14H2,1-4H3,(H2,18,19,20);1H. The zero-order chi connectivity index (χ0) is 16.9. The van der Waals surface area contributed by atoms with Crippen LogP contribution >= 0.6 is 24.0 Å². The first-order valence-corrected chi connectivity index (χ1v) is 9.00. The van der Waals surface area contributed by atoms with E-state index < -0.39 is 0 Å². The van der Waals surface area contributed by atoms with Crippen molar-refractivity contribution in [3.05, 3.63) is 0 Å². The average molecular weight is 456 g/mol. The fourth-order valence-electron chi connectivity index (χ4n) is 2.79. The first-order chi connectivity index (χ1) is 11.2. The SMILES string of the molecule is CCNC(=NCC(CC(C)C)N1CCOCC1)NCCCOC.I. The molecule has 1 heterocycles. The van der Waals surface area contributed by atoms with Crippen molar-refractivity contribution in [2.75, 3.05) is 59.7 Å². The van der Waals surface area contributed by atoms with Gasteiger partial charge in [-0.3, -0.25) is 9.89 Å². The zero-order valence-electron chi connectivity index (χ0n) is 15.8. The van der Waals surface area contributed by atoms with Crippen molar-refractivity contribution in [3.8, 4) is 0 Å². The van der Waals surface area contributed by atoms with Crippen LogP contribution in [-0.2, 0) is 9.47 Å². The van der Waals surface area contributed by atoms with Crippen LogP contribution in [0.5, 0.6) is 0 Å². The Balaban J connectivity index is 0.00000529. The number of aliphatic imine (C=N–C) groups is 1. The van der Waals surface area contributed by atoms with Gasteiger partial charge in [-0.25, -0.2) is 0 Å². The summed E-state index contributed by atoms with van der Waals surface area (Å²) in [5.41, 5.74) is 0. The maximum atomic E-state index is 5.48. The van der Waals surface area contributed by atoms with Gasteiger partial charge in [0.05, 0.1) is 19.8 Å². The van der Waals surface area contributed by atoms with E-state index in [-0.39, 0.29) is 24.0 Å². The summed E-state index contributed by atoms with van der Waals surface area (Å²) >= 11 is 0. The van der Waals surface area contributed by atoms with Gasteiger partial charge in [-0.2, -0.15) is 0 Å². The number of methoxy groups -OCH3 is 1. The summed E-state index contributed by atoms with van der Waals surface area (Å²) in [6.45, 7) is 13.7. The third-order valence-electron chi connectivity index (χ3n) is 3.93. The van der Waals surface area contributed by atoms with Crippen molar-refractivity contribution in [2.45, 2.75) is 39.7 Å². The number of hydrogen-bond acceptors (Lipinski definition) is 4. The highest BCUT2D eigenvalue weighted by Gasteiger charge is 2.21. The molecule has 0 bridgehead atoms. The van der Waals surface area contributed by atoms with E-state index in [4.69, 9.17) is 14.5 Å².